The summed E-state index contributed by atoms with van der Waals surface area (Å²) in [5, 5.41) is 5.88. The maximum atomic E-state index is 12.8. The summed E-state index contributed by atoms with van der Waals surface area (Å²) < 4.78 is 38.3. The van der Waals surface area contributed by atoms with Crippen molar-refractivity contribution in [3.05, 3.63) is 65.2 Å². The second kappa shape index (κ2) is 7.49. The van der Waals surface area contributed by atoms with Gasteiger partial charge in [-0.2, -0.15) is 13.2 Å². The van der Waals surface area contributed by atoms with E-state index < -0.39 is 11.7 Å². The van der Waals surface area contributed by atoms with Gasteiger partial charge in [-0.3, -0.25) is 4.79 Å². The van der Waals surface area contributed by atoms with E-state index in [4.69, 9.17) is 0 Å². The fourth-order valence-corrected chi connectivity index (χ4v) is 2.28. The van der Waals surface area contributed by atoms with Gasteiger partial charge in [0.15, 0.2) is 0 Å². The van der Waals surface area contributed by atoms with E-state index in [2.05, 4.69) is 10.6 Å². The zero-order valence-corrected chi connectivity index (χ0v) is 13.4. The van der Waals surface area contributed by atoms with Crippen LogP contribution in [0.2, 0.25) is 0 Å². The number of nitrogens with one attached hydrogen (secondary N) is 2. The van der Waals surface area contributed by atoms with Crippen LogP contribution in [-0.2, 0) is 17.5 Å². The number of anilines is 1. The Bertz CT molecular complexity index is 696. The molecule has 0 aliphatic heterocycles. The molecule has 0 heterocycles. The minimum absolute atomic E-state index is 0.140. The van der Waals surface area contributed by atoms with Crippen molar-refractivity contribution < 1.29 is 18.0 Å². The highest BCUT2D eigenvalue weighted by Gasteiger charge is 2.30. The third-order valence-corrected chi connectivity index (χ3v) is 3.60. The van der Waals surface area contributed by atoms with Crippen molar-refractivity contribution in [2.45, 2.75) is 32.6 Å². The summed E-state index contributed by atoms with van der Waals surface area (Å²) in [5.41, 5.74) is 1.62. The molecule has 0 bridgehead atoms. The molecule has 1 amide bonds. The van der Waals surface area contributed by atoms with Gasteiger partial charge in [0.25, 0.3) is 0 Å². The van der Waals surface area contributed by atoms with E-state index in [0.717, 1.165) is 17.7 Å². The standard InChI is InChI=1S/C18H19F3N2O/c1-12(15-4-3-5-16(10-15)18(19,20)21)22-11-14-6-8-17(9-7-14)23-13(2)24/h3-10,12,22H,11H2,1-2H3,(H,23,24). The molecule has 2 N–H and O–H groups in total. The first-order valence-corrected chi connectivity index (χ1v) is 7.53. The highest BCUT2D eigenvalue weighted by Crippen LogP contribution is 2.30. The summed E-state index contributed by atoms with van der Waals surface area (Å²) >= 11 is 0. The van der Waals surface area contributed by atoms with Gasteiger partial charge in [-0.1, -0.05) is 24.3 Å². The van der Waals surface area contributed by atoms with Crippen molar-refractivity contribution in [3.8, 4) is 0 Å². The Morgan fingerprint density at radius 3 is 2.38 bits per heavy atom. The monoisotopic (exact) mass is 336 g/mol. The first-order chi connectivity index (χ1) is 11.3. The number of carbonyl (C=O) groups excluding carboxylic acids is 1. The van der Waals surface area contributed by atoms with Crippen molar-refractivity contribution in [2.24, 2.45) is 0 Å². The van der Waals surface area contributed by atoms with Crippen LogP contribution in [0.15, 0.2) is 48.5 Å². The van der Waals surface area contributed by atoms with Gasteiger partial charge in [0.1, 0.15) is 0 Å². The maximum Gasteiger partial charge on any atom is 0.416 e. The van der Waals surface area contributed by atoms with Gasteiger partial charge >= 0.3 is 6.18 Å². The topological polar surface area (TPSA) is 41.1 Å². The molecule has 0 spiro atoms. The van der Waals surface area contributed by atoms with Crippen LogP contribution in [0.5, 0.6) is 0 Å². The lowest BCUT2D eigenvalue weighted by atomic mass is 10.0. The lowest BCUT2D eigenvalue weighted by molar-refractivity contribution is -0.137. The van der Waals surface area contributed by atoms with E-state index in [0.29, 0.717) is 17.8 Å². The molecule has 24 heavy (non-hydrogen) atoms. The van der Waals surface area contributed by atoms with Crippen molar-refractivity contribution in [3.63, 3.8) is 0 Å². The van der Waals surface area contributed by atoms with Gasteiger partial charge in [0, 0.05) is 25.2 Å². The number of halogens is 3. The second-order valence-electron chi connectivity index (χ2n) is 5.60. The summed E-state index contributed by atoms with van der Waals surface area (Å²) in [6.45, 7) is 3.77. The summed E-state index contributed by atoms with van der Waals surface area (Å²) in [4.78, 5) is 11.0. The molecule has 2 aromatic carbocycles. The molecule has 6 heteroatoms. The summed E-state index contributed by atoms with van der Waals surface area (Å²) in [6, 6.07) is 12.4. The van der Waals surface area contributed by atoms with Crippen LogP contribution in [0.4, 0.5) is 18.9 Å². The average Bonchev–Trinajstić information content (AvgIpc) is 2.53. The lowest BCUT2D eigenvalue weighted by Crippen LogP contribution is -2.18. The summed E-state index contributed by atoms with van der Waals surface area (Å²) in [6.07, 6.45) is -4.34. The average molecular weight is 336 g/mol. The lowest BCUT2D eigenvalue weighted by Gasteiger charge is -2.16. The Morgan fingerprint density at radius 2 is 1.79 bits per heavy atom. The largest absolute Gasteiger partial charge is 0.416 e. The van der Waals surface area contributed by atoms with Crippen LogP contribution in [0.25, 0.3) is 0 Å². The Labute approximate surface area is 138 Å². The van der Waals surface area contributed by atoms with Crippen molar-refractivity contribution in [2.75, 3.05) is 5.32 Å². The molecule has 0 aliphatic rings. The molecule has 0 saturated carbocycles. The molecule has 1 atom stereocenters. The van der Waals surface area contributed by atoms with Crippen LogP contribution >= 0.6 is 0 Å². The molecule has 2 aromatic rings. The van der Waals surface area contributed by atoms with Crippen molar-refractivity contribution in [1.82, 2.24) is 5.32 Å². The van der Waals surface area contributed by atoms with E-state index in [-0.39, 0.29) is 11.9 Å². The Hall–Kier alpha value is -2.34. The second-order valence-corrected chi connectivity index (χ2v) is 5.60. The first-order valence-electron chi connectivity index (χ1n) is 7.53. The van der Waals surface area contributed by atoms with E-state index >= 15 is 0 Å². The molecule has 1 unspecified atom stereocenters. The van der Waals surface area contributed by atoms with Crippen LogP contribution in [-0.4, -0.2) is 5.91 Å². The van der Waals surface area contributed by atoms with Crippen LogP contribution in [0.1, 0.15) is 36.6 Å². The highest BCUT2D eigenvalue weighted by molar-refractivity contribution is 5.88. The summed E-state index contributed by atoms with van der Waals surface area (Å²) in [5.74, 6) is -0.140. The summed E-state index contributed by atoms with van der Waals surface area (Å²) in [7, 11) is 0. The first kappa shape index (κ1) is 18.0. The molecule has 3 nitrogen and oxygen atoms in total. The van der Waals surface area contributed by atoms with E-state index in [1.165, 1.54) is 13.0 Å². The minimum atomic E-state index is -4.34. The molecule has 128 valence electrons. The van der Waals surface area contributed by atoms with Gasteiger partial charge in [-0.05, 0) is 42.3 Å². The smallest absolute Gasteiger partial charge is 0.326 e. The van der Waals surface area contributed by atoms with Gasteiger partial charge in [-0.25, -0.2) is 0 Å². The van der Waals surface area contributed by atoms with Crippen LogP contribution in [0, 0.1) is 0 Å². The maximum absolute atomic E-state index is 12.8. The van der Waals surface area contributed by atoms with E-state index in [9.17, 15) is 18.0 Å². The Balaban J connectivity index is 1.98. The molecular formula is C18H19F3N2O. The number of carbonyl (C=O) groups is 1. The predicted octanol–water partition coefficient (Wildman–Crippen LogP) is 4.51. The minimum Gasteiger partial charge on any atom is -0.326 e. The normalized spacial score (nSPS) is 12.7. The number of hydrogen-bond acceptors (Lipinski definition) is 2. The third-order valence-electron chi connectivity index (χ3n) is 3.60. The SMILES string of the molecule is CC(=O)Nc1ccc(CNC(C)c2cccc(C(F)(F)F)c2)cc1. The fourth-order valence-electron chi connectivity index (χ4n) is 2.28. The Kier molecular flexibility index (Phi) is 5.62. The fraction of sp³-hybridized carbons (Fsp3) is 0.278. The zero-order chi connectivity index (χ0) is 17.7. The predicted molar refractivity (Wildman–Crippen MR) is 87.4 cm³/mol. The molecular weight excluding hydrogens is 317 g/mol. The number of alkyl halides is 3. The van der Waals surface area contributed by atoms with Gasteiger partial charge in [0.2, 0.25) is 5.91 Å². The van der Waals surface area contributed by atoms with Gasteiger partial charge in [-0.15, -0.1) is 0 Å². The number of amides is 1. The van der Waals surface area contributed by atoms with Crippen molar-refractivity contribution >= 4 is 11.6 Å². The number of benzene rings is 2. The quantitative estimate of drug-likeness (QED) is 0.843. The van der Waals surface area contributed by atoms with Gasteiger partial charge in [0.05, 0.1) is 5.56 Å². The van der Waals surface area contributed by atoms with Crippen molar-refractivity contribution in [1.29, 1.82) is 0 Å². The van der Waals surface area contributed by atoms with E-state index in [1.807, 2.05) is 19.1 Å². The molecule has 2 rings (SSSR count). The molecule has 0 fully saturated rings. The molecule has 0 radical (unpaired) electrons. The van der Waals surface area contributed by atoms with Crippen LogP contribution in [0.3, 0.4) is 0 Å². The third kappa shape index (κ3) is 5.09. The van der Waals surface area contributed by atoms with E-state index in [1.54, 1.807) is 18.2 Å². The number of hydrogen-bond donors (Lipinski definition) is 2. The zero-order valence-electron chi connectivity index (χ0n) is 13.4. The highest BCUT2D eigenvalue weighted by atomic mass is 19.4. The Morgan fingerprint density at radius 1 is 1.12 bits per heavy atom. The molecule has 0 aromatic heterocycles. The van der Waals surface area contributed by atoms with Crippen LogP contribution < -0.4 is 10.6 Å². The number of rotatable bonds is 5. The molecule has 0 aliphatic carbocycles. The molecule has 0 saturated heterocycles. The van der Waals surface area contributed by atoms with Gasteiger partial charge < -0.3 is 10.6 Å².